The minimum Gasteiger partial charge on any atom is -0.384 e. The molecule has 0 bridgehead atoms. The van der Waals surface area contributed by atoms with Crippen molar-refractivity contribution in [3.05, 3.63) is 23.0 Å². The van der Waals surface area contributed by atoms with E-state index < -0.39 is 0 Å². The molecule has 0 aliphatic heterocycles. The molecular weight excluding hydrogens is 248 g/mol. The predicted octanol–water partition coefficient (Wildman–Crippen LogP) is 3.10. The lowest BCUT2D eigenvalue weighted by Gasteiger charge is -2.31. The molecule has 1 aromatic rings. The van der Waals surface area contributed by atoms with Crippen LogP contribution in [0.1, 0.15) is 44.6 Å². The Morgan fingerprint density at radius 2 is 1.70 bits per heavy atom. The lowest BCUT2D eigenvalue weighted by molar-refractivity contribution is 0.552. The number of aryl methyl sites for hydroxylation is 2. The van der Waals surface area contributed by atoms with Gasteiger partial charge in [-0.25, -0.2) is 0 Å². The van der Waals surface area contributed by atoms with Crippen molar-refractivity contribution in [2.24, 2.45) is 17.6 Å². The first-order valence-corrected chi connectivity index (χ1v) is 7.30. The molecule has 0 aromatic carbocycles. The van der Waals surface area contributed by atoms with E-state index in [2.05, 4.69) is 43.6 Å². The van der Waals surface area contributed by atoms with Crippen molar-refractivity contribution in [1.82, 2.24) is 4.98 Å². The molecule has 0 saturated carbocycles. The third-order valence-corrected chi connectivity index (χ3v) is 3.09. The number of nitrogens with zero attached hydrogens (tertiary/aromatic N) is 2. The topological polar surface area (TPSA) is 66.0 Å². The number of amidine groups is 1. The van der Waals surface area contributed by atoms with Crippen molar-refractivity contribution in [3.8, 4) is 0 Å². The number of rotatable bonds is 6. The molecule has 0 fully saturated rings. The molecule has 0 aliphatic rings. The summed E-state index contributed by atoms with van der Waals surface area (Å²) in [6.45, 7) is 14.7. The Labute approximate surface area is 122 Å². The summed E-state index contributed by atoms with van der Waals surface area (Å²) < 4.78 is 0. The molecule has 0 radical (unpaired) electrons. The van der Waals surface area contributed by atoms with Crippen LogP contribution < -0.4 is 10.6 Å². The Balaban J connectivity index is 3.33. The van der Waals surface area contributed by atoms with Gasteiger partial charge in [0.05, 0.1) is 16.9 Å². The second-order valence-corrected chi connectivity index (χ2v) is 6.35. The van der Waals surface area contributed by atoms with Gasteiger partial charge in [-0.1, -0.05) is 27.7 Å². The third-order valence-electron chi connectivity index (χ3n) is 3.09. The molecular formula is C16H28N4. The van der Waals surface area contributed by atoms with Crippen LogP contribution in [0.15, 0.2) is 6.07 Å². The highest BCUT2D eigenvalue weighted by atomic mass is 15.1. The van der Waals surface area contributed by atoms with Crippen molar-refractivity contribution < 1.29 is 0 Å². The number of anilines is 1. The van der Waals surface area contributed by atoms with E-state index in [9.17, 15) is 0 Å². The summed E-state index contributed by atoms with van der Waals surface area (Å²) in [5.41, 5.74) is 9.41. The Morgan fingerprint density at radius 1 is 1.20 bits per heavy atom. The van der Waals surface area contributed by atoms with Gasteiger partial charge in [-0.3, -0.25) is 10.4 Å². The third kappa shape index (κ3) is 4.22. The summed E-state index contributed by atoms with van der Waals surface area (Å²) in [4.78, 5) is 6.79. The summed E-state index contributed by atoms with van der Waals surface area (Å²) in [6, 6.07) is 2.05. The van der Waals surface area contributed by atoms with Gasteiger partial charge in [-0.2, -0.15) is 0 Å². The zero-order chi connectivity index (χ0) is 15.4. The monoisotopic (exact) mass is 276 g/mol. The van der Waals surface area contributed by atoms with Crippen LogP contribution in [0.25, 0.3) is 0 Å². The van der Waals surface area contributed by atoms with E-state index in [1.807, 2.05) is 13.8 Å². The number of nitrogens with one attached hydrogen (secondary N) is 1. The molecule has 20 heavy (non-hydrogen) atoms. The summed E-state index contributed by atoms with van der Waals surface area (Å²) in [7, 11) is 0. The zero-order valence-electron chi connectivity index (χ0n) is 13.6. The van der Waals surface area contributed by atoms with Crippen LogP contribution in [0.4, 0.5) is 5.69 Å². The molecule has 3 N–H and O–H groups in total. The van der Waals surface area contributed by atoms with Gasteiger partial charge in [-0.05, 0) is 31.7 Å². The van der Waals surface area contributed by atoms with Crippen molar-refractivity contribution in [2.45, 2.75) is 41.5 Å². The molecule has 0 atom stereocenters. The number of hydrogen-bond acceptors (Lipinski definition) is 3. The first-order chi connectivity index (χ1) is 9.22. The van der Waals surface area contributed by atoms with Crippen LogP contribution in [0.2, 0.25) is 0 Å². The molecule has 0 saturated heterocycles. The summed E-state index contributed by atoms with van der Waals surface area (Å²) in [6.07, 6.45) is 0. The van der Waals surface area contributed by atoms with E-state index in [4.69, 9.17) is 11.1 Å². The van der Waals surface area contributed by atoms with Crippen LogP contribution in [0.5, 0.6) is 0 Å². The average molecular weight is 276 g/mol. The quantitative estimate of drug-likeness (QED) is 0.620. The van der Waals surface area contributed by atoms with E-state index in [1.54, 1.807) is 0 Å². The fourth-order valence-electron chi connectivity index (χ4n) is 2.54. The fourth-order valence-corrected chi connectivity index (χ4v) is 2.54. The zero-order valence-corrected chi connectivity index (χ0v) is 13.6. The van der Waals surface area contributed by atoms with Gasteiger partial charge in [0.25, 0.3) is 0 Å². The molecule has 4 heteroatoms. The van der Waals surface area contributed by atoms with Gasteiger partial charge in [-0.15, -0.1) is 0 Å². The van der Waals surface area contributed by atoms with Crippen molar-refractivity contribution in [1.29, 1.82) is 5.41 Å². The lowest BCUT2D eigenvalue weighted by Crippen LogP contribution is -2.33. The molecule has 0 aliphatic carbocycles. The van der Waals surface area contributed by atoms with E-state index >= 15 is 0 Å². The molecule has 112 valence electrons. The van der Waals surface area contributed by atoms with Gasteiger partial charge in [0, 0.05) is 18.8 Å². The summed E-state index contributed by atoms with van der Waals surface area (Å²) in [5.74, 6) is 1.21. The highest BCUT2D eigenvalue weighted by Crippen LogP contribution is 2.25. The van der Waals surface area contributed by atoms with Crippen LogP contribution in [-0.4, -0.2) is 23.9 Å². The molecule has 0 amide bonds. The molecule has 1 rings (SSSR count). The standard InChI is InChI=1S/C16H28N4/c1-10(2)8-20(9-11(3)4)14-7-12(5)19-13(6)15(14)16(17)18/h7,10-11H,8-9H2,1-6H3,(H3,17,18). The number of pyridine rings is 1. The lowest BCUT2D eigenvalue weighted by atomic mass is 10.1. The van der Waals surface area contributed by atoms with E-state index in [0.29, 0.717) is 11.8 Å². The average Bonchev–Trinajstić information content (AvgIpc) is 2.24. The number of nitrogen functional groups attached to an aromatic ring is 1. The first-order valence-electron chi connectivity index (χ1n) is 7.30. The SMILES string of the molecule is Cc1cc(N(CC(C)C)CC(C)C)c(C(=N)N)c(C)n1. The molecule has 1 heterocycles. The second kappa shape index (κ2) is 6.73. The number of hydrogen-bond donors (Lipinski definition) is 2. The van der Waals surface area contributed by atoms with Crippen LogP contribution >= 0.6 is 0 Å². The summed E-state index contributed by atoms with van der Waals surface area (Å²) >= 11 is 0. The van der Waals surface area contributed by atoms with Gasteiger partial charge < -0.3 is 10.6 Å². The van der Waals surface area contributed by atoms with Crippen LogP contribution in [0.3, 0.4) is 0 Å². The molecule has 4 nitrogen and oxygen atoms in total. The van der Waals surface area contributed by atoms with E-state index in [1.165, 1.54) is 0 Å². The van der Waals surface area contributed by atoms with Gasteiger partial charge in [0.2, 0.25) is 0 Å². The summed E-state index contributed by atoms with van der Waals surface area (Å²) in [5, 5.41) is 7.86. The predicted molar refractivity (Wildman–Crippen MR) is 86.6 cm³/mol. The maximum Gasteiger partial charge on any atom is 0.126 e. The highest BCUT2D eigenvalue weighted by molar-refractivity contribution is 6.01. The minimum atomic E-state index is 0.0995. The number of nitrogens with two attached hydrogens (primary N) is 1. The van der Waals surface area contributed by atoms with Crippen molar-refractivity contribution in [2.75, 3.05) is 18.0 Å². The normalized spacial score (nSPS) is 11.2. The van der Waals surface area contributed by atoms with Gasteiger partial charge >= 0.3 is 0 Å². The molecule has 1 aromatic heterocycles. The largest absolute Gasteiger partial charge is 0.384 e. The van der Waals surface area contributed by atoms with Gasteiger partial charge in [0.15, 0.2) is 0 Å². The van der Waals surface area contributed by atoms with Crippen molar-refractivity contribution >= 4 is 11.5 Å². The first kappa shape index (κ1) is 16.5. The van der Waals surface area contributed by atoms with E-state index in [-0.39, 0.29) is 5.84 Å². The maximum atomic E-state index is 7.86. The fraction of sp³-hybridized carbons (Fsp3) is 0.625. The Kier molecular flexibility index (Phi) is 5.54. The number of aromatic nitrogens is 1. The smallest absolute Gasteiger partial charge is 0.126 e. The Morgan fingerprint density at radius 3 is 2.10 bits per heavy atom. The van der Waals surface area contributed by atoms with Crippen LogP contribution in [0, 0.1) is 31.1 Å². The second-order valence-electron chi connectivity index (χ2n) is 6.35. The van der Waals surface area contributed by atoms with E-state index in [0.717, 1.165) is 35.7 Å². The maximum absolute atomic E-state index is 7.86. The molecule has 0 unspecified atom stereocenters. The Bertz CT molecular complexity index is 468. The minimum absolute atomic E-state index is 0.0995. The highest BCUT2D eigenvalue weighted by Gasteiger charge is 2.18. The molecule has 0 spiro atoms. The van der Waals surface area contributed by atoms with Crippen molar-refractivity contribution in [3.63, 3.8) is 0 Å². The Hall–Kier alpha value is -1.58. The van der Waals surface area contributed by atoms with Gasteiger partial charge in [0.1, 0.15) is 5.84 Å². The van der Waals surface area contributed by atoms with Crippen LogP contribution in [-0.2, 0) is 0 Å².